The van der Waals surface area contributed by atoms with Crippen molar-refractivity contribution >= 4 is 5.91 Å². The predicted octanol–water partition coefficient (Wildman–Crippen LogP) is 4.55. The van der Waals surface area contributed by atoms with Gasteiger partial charge in [-0.1, -0.05) is 30.3 Å². The van der Waals surface area contributed by atoms with E-state index in [4.69, 9.17) is 18.9 Å². The van der Waals surface area contributed by atoms with Crippen LogP contribution in [0.25, 0.3) is 16.8 Å². The van der Waals surface area contributed by atoms with E-state index in [1.54, 1.807) is 33.1 Å². The first-order valence-corrected chi connectivity index (χ1v) is 11.4. The number of amides is 1. The van der Waals surface area contributed by atoms with E-state index in [-0.39, 0.29) is 5.91 Å². The minimum absolute atomic E-state index is 0.269. The van der Waals surface area contributed by atoms with E-state index in [2.05, 4.69) is 10.4 Å². The molecule has 0 bridgehead atoms. The van der Waals surface area contributed by atoms with Crippen molar-refractivity contribution < 1.29 is 23.7 Å². The van der Waals surface area contributed by atoms with Crippen molar-refractivity contribution in [1.29, 1.82) is 0 Å². The molecule has 0 saturated heterocycles. The Morgan fingerprint density at radius 1 is 0.806 bits per heavy atom. The van der Waals surface area contributed by atoms with Gasteiger partial charge in [-0.3, -0.25) is 4.79 Å². The number of aromatic nitrogens is 2. The van der Waals surface area contributed by atoms with Crippen molar-refractivity contribution in [2.75, 3.05) is 35.0 Å². The summed E-state index contributed by atoms with van der Waals surface area (Å²) < 4.78 is 23.2. The lowest BCUT2D eigenvalue weighted by Crippen LogP contribution is -2.26. The van der Waals surface area contributed by atoms with Gasteiger partial charge < -0.3 is 24.3 Å². The molecule has 1 amide bonds. The van der Waals surface area contributed by atoms with Crippen molar-refractivity contribution in [2.24, 2.45) is 0 Å². The summed E-state index contributed by atoms with van der Waals surface area (Å²) in [6.07, 6.45) is 2.47. The van der Waals surface area contributed by atoms with E-state index in [1.165, 1.54) is 0 Å². The first kappa shape index (κ1) is 24.7. The summed E-state index contributed by atoms with van der Waals surface area (Å²) in [6.45, 7) is 0.428. The Morgan fingerprint density at radius 3 is 2.11 bits per heavy atom. The molecule has 0 spiro atoms. The number of rotatable bonds is 10. The van der Waals surface area contributed by atoms with Crippen LogP contribution >= 0.6 is 0 Å². The Bertz CT molecular complexity index is 1330. The minimum atomic E-state index is -0.269. The van der Waals surface area contributed by atoms with E-state index >= 15 is 0 Å². The van der Waals surface area contributed by atoms with Gasteiger partial charge in [0.1, 0.15) is 0 Å². The molecule has 36 heavy (non-hydrogen) atoms. The molecule has 4 rings (SSSR count). The van der Waals surface area contributed by atoms with Gasteiger partial charge in [-0.05, 0) is 53.9 Å². The lowest BCUT2D eigenvalue weighted by atomic mass is 10.1. The van der Waals surface area contributed by atoms with Gasteiger partial charge in [-0.25, -0.2) is 4.68 Å². The average Bonchev–Trinajstić information content (AvgIpc) is 3.38. The summed E-state index contributed by atoms with van der Waals surface area (Å²) in [4.78, 5) is 13.3. The molecule has 0 fully saturated rings. The van der Waals surface area contributed by atoms with Crippen LogP contribution in [0.1, 0.15) is 16.1 Å². The highest BCUT2D eigenvalue weighted by atomic mass is 16.5. The van der Waals surface area contributed by atoms with Crippen molar-refractivity contribution in [3.63, 3.8) is 0 Å². The Morgan fingerprint density at radius 2 is 1.44 bits per heavy atom. The van der Waals surface area contributed by atoms with Crippen LogP contribution in [-0.2, 0) is 6.42 Å². The van der Waals surface area contributed by atoms with Crippen LogP contribution in [0.2, 0.25) is 0 Å². The molecule has 0 unspecified atom stereocenters. The number of ether oxygens (including phenoxy) is 4. The third-order valence-corrected chi connectivity index (χ3v) is 5.79. The Kier molecular flexibility index (Phi) is 7.75. The first-order valence-electron chi connectivity index (χ1n) is 11.4. The van der Waals surface area contributed by atoms with E-state index < -0.39 is 0 Å². The van der Waals surface area contributed by atoms with Gasteiger partial charge in [0.15, 0.2) is 28.7 Å². The number of carbonyl (C=O) groups is 1. The van der Waals surface area contributed by atoms with Crippen molar-refractivity contribution in [2.45, 2.75) is 6.42 Å². The number of methoxy groups -OCH3 is 4. The van der Waals surface area contributed by atoms with Crippen LogP contribution in [0.4, 0.5) is 0 Å². The maximum absolute atomic E-state index is 13.3. The van der Waals surface area contributed by atoms with Crippen LogP contribution < -0.4 is 24.3 Å². The lowest BCUT2D eigenvalue weighted by Gasteiger charge is -2.11. The second-order valence-corrected chi connectivity index (χ2v) is 7.94. The number of nitrogens with one attached hydrogen (secondary N) is 1. The molecule has 0 aliphatic carbocycles. The fourth-order valence-electron chi connectivity index (χ4n) is 3.91. The summed E-state index contributed by atoms with van der Waals surface area (Å²) in [7, 11) is 6.36. The second kappa shape index (κ2) is 11.3. The highest BCUT2D eigenvalue weighted by molar-refractivity contribution is 5.99. The van der Waals surface area contributed by atoms with Crippen molar-refractivity contribution in [3.05, 3.63) is 84.2 Å². The quantitative estimate of drug-likeness (QED) is 0.353. The van der Waals surface area contributed by atoms with Crippen LogP contribution in [-0.4, -0.2) is 50.7 Å². The molecule has 1 heterocycles. The van der Waals surface area contributed by atoms with Crippen molar-refractivity contribution in [1.82, 2.24) is 15.1 Å². The smallest absolute Gasteiger partial charge is 0.272 e. The zero-order valence-corrected chi connectivity index (χ0v) is 20.8. The first-order chi connectivity index (χ1) is 17.6. The maximum atomic E-state index is 13.3. The predicted molar refractivity (Wildman–Crippen MR) is 138 cm³/mol. The Hall–Kier alpha value is -4.46. The number of hydrogen-bond donors (Lipinski definition) is 1. The Labute approximate surface area is 210 Å². The third-order valence-electron chi connectivity index (χ3n) is 5.79. The summed E-state index contributed by atoms with van der Waals surface area (Å²) >= 11 is 0. The molecule has 1 N–H and O–H groups in total. The van der Waals surface area contributed by atoms with Crippen LogP contribution in [0.3, 0.4) is 0 Å². The van der Waals surface area contributed by atoms with Gasteiger partial charge in [0.2, 0.25) is 0 Å². The molecule has 0 saturated carbocycles. The van der Waals surface area contributed by atoms with Gasteiger partial charge in [-0.2, -0.15) is 5.10 Å². The number of hydrogen-bond acceptors (Lipinski definition) is 6. The van der Waals surface area contributed by atoms with Gasteiger partial charge in [-0.15, -0.1) is 0 Å². The summed E-state index contributed by atoms with van der Waals surface area (Å²) in [5.41, 5.74) is 3.66. The molecule has 0 atom stereocenters. The monoisotopic (exact) mass is 487 g/mol. The van der Waals surface area contributed by atoms with Gasteiger partial charge in [0.05, 0.1) is 34.1 Å². The molecule has 186 valence electrons. The van der Waals surface area contributed by atoms with Gasteiger partial charge >= 0.3 is 0 Å². The highest BCUT2D eigenvalue weighted by Gasteiger charge is 2.20. The van der Waals surface area contributed by atoms with Gasteiger partial charge in [0, 0.05) is 18.3 Å². The van der Waals surface area contributed by atoms with Crippen LogP contribution in [0, 0.1) is 0 Å². The molecule has 1 aromatic heterocycles. The second-order valence-electron chi connectivity index (χ2n) is 7.94. The molecule has 0 aliphatic heterocycles. The third kappa shape index (κ3) is 5.27. The highest BCUT2D eigenvalue weighted by Crippen LogP contribution is 2.34. The zero-order valence-electron chi connectivity index (χ0n) is 20.8. The van der Waals surface area contributed by atoms with Crippen molar-refractivity contribution in [3.8, 4) is 39.8 Å². The summed E-state index contributed by atoms with van der Waals surface area (Å²) in [5.74, 6) is 2.23. The molecule has 0 aliphatic rings. The van der Waals surface area contributed by atoms with E-state index in [0.717, 1.165) is 16.8 Å². The average molecular weight is 488 g/mol. The topological polar surface area (TPSA) is 83.8 Å². The molecule has 8 nitrogen and oxygen atoms in total. The minimum Gasteiger partial charge on any atom is -0.493 e. The number of carbonyl (C=O) groups excluding carboxylic acids is 1. The normalized spacial score (nSPS) is 10.6. The SMILES string of the molecule is COc1ccc(CCNC(=O)c2nn(-c3ccccc3)cc2-c2ccc(OC)c(OC)c2)cc1OC. The molecule has 8 heteroatoms. The van der Waals surface area contributed by atoms with Crippen LogP contribution in [0.5, 0.6) is 23.0 Å². The number of para-hydroxylation sites is 1. The maximum Gasteiger partial charge on any atom is 0.272 e. The molecular formula is C28H29N3O5. The number of nitrogens with zero attached hydrogens (tertiary/aromatic N) is 2. The van der Waals surface area contributed by atoms with Gasteiger partial charge in [0.25, 0.3) is 5.91 Å². The van der Waals surface area contributed by atoms with Crippen LogP contribution in [0.15, 0.2) is 72.9 Å². The fourth-order valence-corrected chi connectivity index (χ4v) is 3.91. The summed E-state index contributed by atoms with van der Waals surface area (Å²) in [6, 6.07) is 20.9. The van der Waals surface area contributed by atoms with E-state index in [9.17, 15) is 4.79 Å². The van der Waals surface area contributed by atoms with E-state index in [0.29, 0.717) is 47.2 Å². The Balaban J connectivity index is 1.60. The molecule has 4 aromatic rings. The summed E-state index contributed by atoms with van der Waals surface area (Å²) in [5, 5.41) is 7.62. The fraction of sp³-hybridized carbons (Fsp3) is 0.214. The molecular weight excluding hydrogens is 458 g/mol. The standard InChI is InChI=1S/C28H29N3O5/c1-33-23-12-10-19(16-25(23)35-3)14-15-29-28(32)27-22(18-31(30-27)21-8-6-5-7-9-21)20-11-13-24(34-2)26(17-20)36-4/h5-13,16-18H,14-15H2,1-4H3,(H,29,32). The number of benzene rings is 3. The lowest BCUT2D eigenvalue weighted by molar-refractivity contribution is 0.0949. The zero-order chi connectivity index (χ0) is 25.5. The molecule has 3 aromatic carbocycles. The largest absolute Gasteiger partial charge is 0.493 e. The molecule has 0 radical (unpaired) electrons. The van der Waals surface area contributed by atoms with E-state index in [1.807, 2.05) is 72.9 Å².